The highest BCUT2D eigenvalue weighted by Gasteiger charge is 2.49. The molecule has 0 heterocycles. The first-order valence-corrected chi connectivity index (χ1v) is 16.7. The van der Waals surface area contributed by atoms with E-state index in [2.05, 4.69) is 102 Å². The lowest BCUT2D eigenvalue weighted by molar-refractivity contribution is -0.145. The molecule has 2 rings (SSSR count). The van der Waals surface area contributed by atoms with Gasteiger partial charge in [0.25, 0.3) is 0 Å². The molecular formula is C32H56O3Si. The molecule has 0 spiro atoms. The van der Waals surface area contributed by atoms with Crippen molar-refractivity contribution < 1.29 is 14.0 Å². The molecule has 0 aliphatic heterocycles. The number of benzene rings is 1. The molecule has 36 heavy (non-hydrogen) atoms. The maximum Gasteiger partial charge on any atom is 0.200 e. The molecule has 206 valence electrons. The molecule has 0 aromatic heterocycles. The maximum absolute atomic E-state index is 11.9. The third-order valence-corrected chi connectivity index (χ3v) is 15.0. The van der Waals surface area contributed by atoms with Crippen molar-refractivity contribution in [1.82, 2.24) is 0 Å². The molecule has 4 heteroatoms. The molecule has 1 aliphatic rings. The molecule has 1 aliphatic carbocycles. The number of carbonyl (C=O) groups excluding carboxylic acids is 1. The van der Waals surface area contributed by atoms with E-state index in [9.17, 15) is 4.79 Å². The van der Waals surface area contributed by atoms with E-state index < -0.39 is 8.32 Å². The molecule has 1 aromatic carbocycles. The Morgan fingerprint density at radius 2 is 1.28 bits per heavy atom. The SMILES string of the molecule is CC(C)c1cc(C(C)C)c([C@H](C)O[C@H]2C[C@H](C=O)[C@H]2CO[Si](C(C)C)(C(C)C)C(C)C)c(C(C)C)c1. The van der Waals surface area contributed by atoms with Gasteiger partial charge in [-0.05, 0) is 70.0 Å². The van der Waals surface area contributed by atoms with Crippen LogP contribution in [0.5, 0.6) is 0 Å². The zero-order valence-electron chi connectivity index (χ0n) is 25.6. The summed E-state index contributed by atoms with van der Waals surface area (Å²) in [5.41, 5.74) is 7.18. The summed E-state index contributed by atoms with van der Waals surface area (Å²) in [6.07, 6.45) is 2.00. The first kappa shape index (κ1) is 31.2. The van der Waals surface area contributed by atoms with Gasteiger partial charge in [-0.3, -0.25) is 0 Å². The van der Waals surface area contributed by atoms with Gasteiger partial charge in [0.2, 0.25) is 0 Å². The smallest absolute Gasteiger partial charge is 0.200 e. The van der Waals surface area contributed by atoms with E-state index >= 15 is 0 Å². The molecule has 0 unspecified atom stereocenters. The van der Waals surface area contributed by atoms with Gasteiger partial charge < -0.3 is 14.0 Å². The largest absolute Gasteiger partial charge is 0.416 e. The number of hydrogen-bond donors (Lipinski definition) is 0. The average Bonchev–Trinajstić information content (AvgIpc) is 2.76. The highest BCUT2D eigenvalue weighted by Crippen LogP contribution is 2.46. The molecule has 1 fully saturated rings. The van der Waals surface area contributed by atoms with Gasteiger partial charge in [-0.1, -0.05) is 95.2 Å². The van der Waals surface area contributed by atoms with Crippen LogP contribution in [0.15, 0.2) is 12.1 Å². The van der Waals surface area contributed by atoms with E-state index in [1.807, 2.05) is 0 Å². The average molecular weight is 517 g/mol. The summed E-state index contributed by atoms with van der Waals surface area (Å²) in [6, 6.07) is 4.81. The molecule has 0 bridgehead atoms. The van der Waals surface area contributed by atoms with Gasteiger partial charge in [0.1, 0.15) is 6.29 Å². The summed E-state index contributed by atoms with van der Waals surface area (Å²) >= 11 is 0. The Morgan fingerprint density at radius 1 is 0.806 bits per heavy atom. The minimum Gasteiger partial charge on any atom is -0.416 e. The van der Waals surface area contributed by atoms with Crippen molar-refractivity contribution >= 4 is 14.6 Å². The van der Waals surface area contributed by atoms with Gasteiger partial charge in [-0.25, -0.2) is 0 Å². The van der Waals surface area contributed by atoms with Crippen LogP contribution in [0.1, 0.15) is 143 Å². The van der Waals surface area contributed by atoms with E-state index in [1.165, 1.54) is 22.3 Å². The van der Waals surface area contributed by atoms with Crippen LogP contribution in [-0.2, 0) is 14.0 Å². The summed E-state index contributed by atoms with van der Waals surface area (Å²) in [7, 11) is -1.98. The molecular weight excluding hydrogens is 460 g/mol. The van der Waals surface area contributed by atoms with Crippen molar-refractivity contribution in [3.63, 3.8) is 0 Å². The molecule has 0 saturated heterocycles. The minimum atomic E-state index is -1.98. The maximum atomic E-state index is 11.9. The Hall–Kier alpha value is -0.973. The fourth-order valence-electron chi connectivity index (χ4n) is 6.79. The molecule has 3 nitrogen and oxygen atoms in total. The Bertz CT molecular complexity index is 804. The highest BCUT2D eigenvalue weighted by atomic mass is 28.4. The second-order valence-electron chi connectivity index (χ2n) is 13.2. The van der Waals surface area contributed by atoms with E-state index in [0.717, 1.165) is 12.7 Å². The van der Waals surface area contributed by atoms with Crippen LogP contribution in [0.4, 0.5) is 0 Å². The Morgan fingerprint density at radius 3 is 1.64 bits per heavy atom. The molecule has 0 N–H and O–H groups in total. The lowest BCUT2D eigenvalue weighted by atomic mass is 9.72. The van der Waals surface area contributed by atoms with Gasteiger partial charge in [-0.2, -0.15) is 0 Å². The third kappa shape index (κ3) is 6.35. The molecule has 1 saturated carbocycles. The Labute approximate surface area is 224 Å². The summed E-state index contributed by atoms with van der Waals surface area (Å²) in [6.45, 7) is 30.5. The zero-order chi connectivity index (χ0) is 27.5. The summed E-state index contributed by atoms with van der Waals surface area (Å²) in [4.78, 5) is 11.9. The Kier molecular flexibility index (Phi) is 11.0. The van der Waals surface area contributed by atoms with Crippen LogP contribution in [0.25, 0.3) is 0 Å². The van der Waals surface area contributed by atoms with Crippen LogP contribution in [-0.4, -0.2) is 27.3 Å². The normalized spacial score (nSPS) is 21.8. The van der Waals surface area contributed by atoms with E-state index in [4.69, 9.17) is 9.16 Å². The summed E-state index contributed by atoms with van der Waals surface area (Å²) in [5.74, 6) is 1.55. The predicted octanol–water partition coefficient (Wildman–Crippen LogP) is 9.53. The van der Waals surface area contributed by atoms with Crippen LogP contribution in [0, 0.1) is 11.8 Å². The monoisotopic (exact) mass is 516 g/mol. The first-order chi connectivity index (χ1) is 16.7. The van der Waals surface area contributed by atoms with Gasteiger partial charge in [0, 0.05) is 18.4 Å². The molecule has 1 aromatic rings. The van der Waals surface area contributed by atoms with Crippen LogP contribution >= 0.6 is 0 Å². The number of aldehydes is 1. The lowest BCUT2D eigenvalue weighted by Gasteiger charge is -2.48. The van der Waals surface area contributed by atoms with E-state index in [0.29, 0.717) is 41.0 Å². The van der Waals surface area contributed by atoms with Crippen LogP contribution in [0.3, 0.4) is 0 Å². The second-order valence-corrected chi connectivity index (χ2v) is 18.7. The van der Waals surface area contributed by atoms with Crippen molar-refractivity contribution in [2.75, 3.05) is 6.61 Å². The van der Waals surface area contributed by atoms with Crippen molar-refractivity contribution in [3.8, 4) is 0 Å². The van der Waals surface area contributed by atoms with Crippen molar-refractivity contribution in [3.05, 3.63) is 34.4 Å². The van der Waals surface area contributed by atoms with Crippen molar-refractivity contribution in [2.45, 2.75) is 143 Å². The summed E-state index contributed by atoms with van der Waals surface area (Å²) < 4.78 is 13.8. The first-order valence-electron chi connectivity index (χ1n) is 14.6. The number of hydrogen-bond acceptors (Lipinski definition) is 3. The third-order valence-electron chi connectivity index (χ3n) is 8.90. The topological polar surface area (TPSA) is 35.5 Å². The molecule has 0 amide bonds. The minimum absolute atomic E-state index is 0.0107. The number of rotatable bonds is 13. The Balaban J connectivity index is 2.34. The van der Waals surface area contributed by atoms with Crippen molar-refractivity contribution in [2.24, 2.45) is 11.8 Å². The van der Waals surface area contributed by atoms with Gasteiger partial charge in [0.15, 0.2) is 8.32 Å². The quantitative estimate of drug-likeness (QED) is 0.193. The van der Waals surface area contributed by atoms with E-state index in [-0.39, 0.29) is 24.0 Å². The standard InChI is InChI=1S/C32H56O3Si/c1-19(2)26-14-28(20(3)4)32(29(15-26)21(5)6)25(13)35-31-16-27(17-33)30(31)18-34-36(22(7)8,23(9)10)24(11)12/h14-15,17,19-25,27,30-31H,16,18H2,1-13H3/t25-,27+,30+,31-/m0/s1. The molecule has 4 atom stereocenters. The second kappa shape index (κ2) is 12.7. The van der Waals surface area contributed by atoms with Gasteiger partial charge in [-0.15, -0.1) is 0 Å². The molecule has 0 radical (unpaired) electrons. The highest BCUT2D eigenvalue weighted by molar-refractivity contribution is 6.77. The van der Waals surface area contributed by atoms with Crippen LogP contribution < -0.4 is 0 Å². The lowest BCUT2D eigenvalue weighted by Crippen LogP contribution is -2.53. The summed E-state index contributed by atoms with van der Waals surface area (Å²) in [5, 5.41) is 0. The zero-order valence-corrected chi connectivity index (χ0v) is 26.6. The van der Waals surface area contributed by atoms with E-state index in [1.54, 1.807) is 0 Å². The number of carbonyl (C=O) groups is 1. The van der Waals surface area contributed by atoms with Gasteiger partial charge >= 0.3 is 0 Å². The van der Waals surface area contributed by atoms with Gasteiger partial charge in [0.05, 0.1) is 12.2 Å². The van der Waals surface area contributed by atoms with Crippen molar-refractivity contribution in [1.29, 1.82) is 0 Å². The fraction of sp³-hybridized carbons (Fsp3) is 0.781. The predicted molar refractivity (Wildman–Crippen MR) is 157 cm³/mol. The fourth-order valence-corrected chi connectivity index (χ4v) is 12.3. The van der Waals surface area contributed by atoms with Crippen LogP contribution in [0.2, 0.25) is 16.6 Å². The number of ether oxygens (including phenoxy) is 1.